The van der Waals surface area contributed by atoms with Gasteiger partial charge in [-0.1, -0.05) is 40.7 Å². The van der Waals surface area contributed by atoms with E-state index in [4.69, 9.17) is 0 Å². The average Bonchev–Trinajstić information content (AvgIpc) is 1.99. The lowest BCUT2D eigenvalue weighted by Gasteiger charge is -2.24. The van der Waals surface area contributed by atoms with Crippen LogP contribution in [-0.2, 0) is 0 Å². The van der Waals surface area contributed by atoms with E-state index >= 15 is 0 Å². The Bertz CT molecular complexity index is 118. The molecular weight excluding hydrogens is 160 g/mol. The highest BCUT2D eigenvalue weighted by molar-refractivity contribution is 4.79. The summed E-state index contributed by atoms with van der Waals surface area (Å²) < 4.78 is 0. The highest BCUT2D eigenvalue weighted by Crippen LogP contribution is 2.22. The van der Waals surface area contributed by atoms with Crippen molar-refractivity contribution in [2.75, 3.05) is 0 Å². The van der Waals surface area contributed by atoms with Crippen molar-refractivity contribution in [3.05, 3.63) is 12.7 Å². The first-order valence-electron chi connectivity index (χ1n) is 4.92. The number of aliphatic hydroxyl groups is 1. The van der Waals surface area contributed by atoms with E-state index in [1.165, 1.54) is 0 Å². The molecule has 0 aliphatic heterocycles. The Kier molecular flexibility index (Phi) is 9.70. The fourth-order valence-corrected chi connectivity index (χ4v) is 1.58. The number of allylic oxidation sites excluding steroid dienone is 1. The van der Waals surface area contributed by atoms with Crippen LogP contribution >= 0.6 is 0 Å². The molecule has 1 N–H and O–H groups in total. The second kappa shape index (κ2) is 8.31. The Morgan fingerprint density at radius 2 is 1.92 bits per heavy atom. The monoisotopic (exact) mass is 186 g/mol. The van der Waals surface area contributed by atoms with E-state index in [9.17, 15) is 5.11 Å². The first kappa shape index (κ1) is 15.2. The summed E-state index contributed by atoms with van der Waals surface area (Å²) in [7, 11) is 0. The molecule has 0 bridgehead atoms. The fourth-order valence-electron chi connectivity index (χ4n) is 1.58. The minimum absolute atomic E-state index is 0. The van der Waals surface area contributed by atoms with Gasteiger partial charge in [-0.3, -0.25) is 0 Å². The number of hydrogen-bond donors (Lipinski definition) is 1. The van der Waals surface area contributed by atoms with Crippen LogP contribution in [0.25, 0.3) is 0 Å². The zero-order valence-electron chi connectivity index (χ0n) is 8.59. The summed E-state index contributed by atoms with van der Waals surface area (Å²) in [5.41, 5.74) is 0. The Morgan fingerprint density at radius 1 is 1.38 bits per heavy atom. The standard InChI is InChI=1S/C11H22O.CH4/c1-5-7-10(9(3)4)11(12)8-6-2;/h5,9-12H,1,6-8H2,2-4H3;1H4/t10-,11-;/m1./s1. The predicted octanol–water partition coefficient (Wildman–Crippen LogP) is 3.63. The van der Waals surface area contributed by atoms with Crippen molar-refractivity contribution in [3.8, 4) is 0 Å². The van der Waals surface area contributed by atoms with Crippen molar-refractivity contribution < 1.29 is 5.11 Å². The quantitative estimate of drug-likeness (QED) is 0.628. The van der Waals surface area contributed by atoms with Gasteiger partial charge in [0, 0.05) is 0 Å². The van der Waals surface area contributed by atoms with Crippen LogP contribution in [0.15, 0.2) is 12.7 Å². The van der Waals surface area contributed by atoms with Gasteiger partial charge < -0.3 is 5.11 Å². The Morgan fingerprint density at radius 3 is 2.23 bits per heavy atom. The smallest absolute Gasteiger partial charge is 0.0573 e. The molecule has 0 rings (SSSR count). The fraction of sp³-hybridized carbons (Fsp3) is 0.833. The van der Waals surface area contributed by atoms with Crippen molar-refractivity contribution in [1.29, 1.82) is 0 Å². The molecule has 80 valence electrons. The topological polar surface area (TPSA) is 20.2 Å². The molecule has 13 heavy (non-hydrogen) atoms. The van der Waals surface area contributed by atoms with Gasteiger partial charge in [0.15, 0.2) is 0 Å². The minimum Gasteiger partial charge on any atom is -0.393 e. The van der Waals surface area contributed by atoms with E-state index < -0.39 is 0 Å². The molecule has 0 heterocycles. The SMILES string of the molecule is C.C=CC[C@H](C(C)C)[C@H](O)CCC. The maximum atomic E-state index is 9.76. The summed E-state index contributed by atoms with van der Waals surface area (Å²) in [5.74, 6) is 0.937. The highest BCUT2D eigenvalue weighted by atomic mass is 16.3. The molecule has 0 fully saturated rings. The zero-order valence-corrected chi connectivity index (χ0v) is 8.59. The molecule has 0 aromatic rings. The molecule has 2 atom stereocenters. The van der Waals surface area contributed by atoms with Crippen molar-refractivity contribution in [2.45, 2.75) is 53.6 Å². The molecule has 0 radical (unpaired) electrons. The Labute approximate surface area is 83.9 Å². The summed E-state index contributed by atoms with van der Waals surface area (Å²) in [6.45, 7) is 10.1. The third kappa shape index (κ3) is 5.87. The van der Waals surface area contributed by atoms with Crippen LogP contribution in [0.4, 0.5) is 0 Å². The van der Waals surface area contributed by atoms with Crippen molar-refractivity contribution in [3.63, 3.8) is 0 Å². The Balaban J connectivity index is 0. The van der Waals surface area contributed by atoms with E-state index in [1.54, 1.807) is 0 Å². The third-order valence-electron chi connectivity index (χ3n) is 2.37. The zero-order chi connectivity index (χ0) is 9.56. The molecular formula is C12H26O. The lowest BCUT2D eigenvalue weighted by atomic mass is 9.85. The van der Waals surface area contributed by atoms with E-state index in [0.29, 0.717) is 11.8 Å². The van der Waals surface area contributed by atoms with E-state index in [0.717, 1.165) is 19.3 Å². The summed E-state index contributed by atoms with van der Waals surface area (Å²) in [6.07, 6.45) is 4.66. The van der Waals surface area contributed by atoms with Gasteiger partial charge in [-0.05, 0) is 24.7 Å². The molecule has 0 saturated heterocycles. The molecule has 0 aromatic heterocycles. The molecule has 1 nitrogen and oxygen atoms in total. The average molecular weight is 186 g/mol. The van der Waals surface area contributed by atoms with Crippen LogP contribution in [0, 0.1) is 11.8 Å². The van der Waals surface area contributed by atoms with E-state index in [1.807, 2.05) is 6.08 Å². The van der Waals surface area contributed by atoms with Crippen LogP contribution in [0.3, 0.4) is 0 Å². The lowest BCUT2D eigenvalue weighted by Crippen LogP contribution is -2.24. The molecule has 0 unspecified atom stereocenters. The molecule has 0 saturated carbocycles. The summed E-state index contributed by atoms with van der Waals surface area (Å²) in [6, 6.07) is 0. The summed E-state index contributed by atoms with van der Waals surface area (Å²) in [4.78, 5) is 0. The lowest BCUT2D eigenvalue weighted by molar-refractivity contribution is 0.0746. The van der Waals surface area contributed by atoms with Crippen LogP contribution in [0.2, 0.25) is 0 Å². The van der Waals surface area contributed by atoms with Gasteiger partial charge in [0.25, 0.3) is 0 Å². The van der Waals surface area contributed by atoms with E-state index in [2.05, 4.69) is 27.4 Å². The van der Waals surface area contributed by atoms with Gasteiger partial charge >= 0.3 is 0 Å². The maximum Gasteiger partial charge on any atom is 0.0573 e. The molecule has 0 spiro atoms. The van der Waals surface area contributed by atoms with Crippen molar-refractivity contribution in [2.24, 2.45) is 11.8 Å². The molecule has 0 aliphatic carbocycles. The van der Waals surface area contributed by atoms with E-state index in [-0.39, 0.29) is 13.5 Å². The molecule has 0 aromatic carbocycles. The predicted molar refractivity (Wildman–Crippen MR) is 60.8 cm³/mol. The molecule has 0 amide bonds. The normalized spacial score (nSPS) is 14.8. The van der Waals surface area contributed by atoms with Crippen LogP contribution in [0.1, 0.15) is 47.5 Å². The van der Waals surface area contributed by atoms with Crippen molar-refractivity contribution >= 4 is 0 Å². The minimum atomic E-state index is -0.145. The molecule has 1 heteroatoms. The largest absolute Gasteiger partial charge is 0.393 e. The summed E-state index contributed by atoms with van der Waals surface area (Å²) >= 11 is 0. The highest BCUT2D eigenvalue weighted by Gasteiger charge is 2.19. The van der Waals surface area contributed by atoms with Crippen LogP contribution < -0.4 is 0 Å². The van der Waals surface area contributed by atoms with Gasteiger partial charge in [-0.2, -0.15) is 0 Å². The summed E-state index contributed by atoms with van der Waals surface area (Å²) in [5, 5.41) is 9.76. The number of aliphatic hydroxyl groups excluding tert-OH is 1. The maximum absolute atomic E-state index is 9.76. The van der Waals surface area contributed by atoms with Gasteiger partial charge in [0.1, 0.15) is 0 Å². The van der Waals surface area contributed by atoms with Crippen LogP contribution in [-0.4, -0.2) is 11.2 Å². The Hall–Kier alpha value is -0.300. The first-order chi connectivity index (χ1) is 5.63. The van der Waals surface area contributed by atoms with Gasteiger partial charge in [-0.25, -0.2) is 0 Å². The third-order valence-corrected chi connectivity index (χ3v) is 2.37. The van der Waals surface area contributed by atoms with Gasteiger partial charge in [0.2, 0.25) is 0 Å². The number of hydrogen-bond acceptors (Lipinski definition) is 1. The van der Waals surface area contributed by atoms with Gasteiger partial charge in [0.05, 0.1) is 6.10 Å². The second-order valence-electron chi connectivity index (χ2n) is 3.79. The number of rotatable bonds is 6. The first-order valence-corrected chi connectivity index (χ1v) is 4.92. The van der Waals surface area contributed by atoms with Crippen molar-refractivity contribution in [1.82, 2.24) is 0 Å². The van der Waals surface area contributed by atoms with Crippen LogP contribution in [0.5, 0.6) is 0 Å². The molecule has 0 aliphatic rings. The van der Waals surface area contributed by atoms with Gasteiger partial charge in [-0.15, -0.1) is 6.58 Å². The second-order valence-corrected chi connectivity index (χ2v) is 3.79.